The average Bonchev–Trinajstić information content (AvgIpc) is 3.66. The molecule has 0 saturated carbocycles. The molecule has 55 heavy (non-hydrogen) atoms. The van der Waals surface area contributed by atoms with E-state index in [0.717, 1.165) is 55.0 Å². The third kappa shape index (κ3) is 4.77. The second-order valence-corrected chi connectivity index (χ2v) is 16.9. The number of imidazole rings is 1. The monoisotopic (exact) mass is 720 g/mol. The maximum atomic E-state index is 15.6. The summed E-state index contributed by atoms with van der Waals surface area (Å²) in [4.78, 5) is 5.36. The van der Waals surface area contributed by atoms with E-state index in [0.29, 0.717) is 0 Å². The van der Waals surface area contributed by atoms with E-state index in [1.54, 1.807) is 0 Å². The van der Waals surface area contributed by atoms with Crippen LogP contribution in [-0.2, 0) is 4.57 Å². The summed E-state index contributed by atoms with van der Waals surface area (Å²) in [7, 11) is -3.19. The van der Waals surface area contributed by atoms with Crippen LogP contribution in [-0.4, -0.2) is 9.55 Å². The molecule has 0 amide bonds. The lowest BCUT2D eigenvalue weighted by Crippen LogP contribution is -2.32. The molecule has 0 fully saturated rings. The third-order valence-corrected chi connectivity index (χ3v) is 14.3. The Bertz CT molecular complexity index is 3170. The van der Waals surface area contributed by atoms with Gasteiger partial charge in [-0.15, -0.1) is 0 Å². The maximum Gasteiger partial charge on any atom is 0.175 e. The van der Waals surface area contributed by atoms with Crippen LogP contribution in [0.1, 0.15) is 0 Å². The van der Waals surface area contributed by atoms with Crippen molar-refractivity contribution in [2.24, 2.45) is 0 Å². The zero-order chi connectivity index (χ0) is 36.5. The van der Waals surface area contributed by atoms with Crippen molar-refractivity contribution in [3.8, 4) is 50.5 Å². The molecule has 0 aliphatic carbocycles. The predicted octanol–water partition coefficient (Wildman–Crippen LogP) is 12.0. The molecule has 4 heteroatoms. The van der Waals surface area contributed by atoms with Gasteiger partial charge in [0.1, 0.15) is 5.82 Å². The molecule has 3 nitrogen and oxygen atoms in total. The van der Waals surface area contributed by atoms with E-state index >= 15 is 4.57 Å². The Kier molecular flexibility index (Phi) is 7.14. The highest BCUT2D eigenvalue weighted by molar-refractivity contribution is 7.86. The van der Waals surface area contributed by atoms with E-state index in [-0.39, 0.29) is 0 Å². The van der Waals surface area contributed by atoms with Crippen LogP contribution in [0.4, 0.5) is 0 Å². The number of hydrogen-bond acceptors (Lipinski definition) is 2. The molecule has 1 aromatic heterocycles. The van der Waals surface area contributed by atoms with Crippen molar-refractivity contribution in [3.05, 3.63) is 200 Å². The van der Waals surface area contributed by atoms with Crippen LogP contribution in [0.5, 0.6) is 0 Å². The highest BCUT2D eigenvalue weighted by Gasteiger charge is 2.39. The molecule has 0 N–H and O–H groups in total. The molecule has 9 aromatic carbocycles. The normalized spacial score (nSPS) is 14.7. The van der Waals surface area contributed by atoms with Gasteiger partial charge in [-0.2, -0.15) is 0 Å². The van der Waals surface area contributed by atoms with Gasteiger partial charge in [-0.05, 0) is 91.3 Å². The molecule has 1 unspecified atom stereocenters. The van der Waals surface area contributed by atoms with Gasteiger partial charge in [-0.3, -0.25) is 4.57 Å². The van der Waals surface area contributed by atoms with Gasteiger partial charge in [0.05, 0.1) is 16.7 Å². The van der Waals surface area contributed by atoms with Gasteiger partial charge in [0, 0.05) is 21.5 Å². The van der Waals surface area contributed by atoms with Gasteiger partial charge >= 0.3 is 0 Å². The Morgan fingerprint density at radius 3 is 1.73 bits per heavy atom. The first-order chi connectivity index (χ1) is 27.2. The number of hydrogen-bond donors (Lipinski definition) is 0. The van der Waals surface area contributed by atoms with Gasteiger partial charge in [0.25, 0.3) is 0 Å². The number of nitrogens with zero attached hydrogens (tertiary/aromatic N) is 2. The number of fused-ring (bicyclic) bond motifs is 4. The Labute approximate surface area is 319 Å². The van der Waals surface area contributed by atoms with Crippen molar-refractivity contribution in [1.29, 1.82) is 0 Å². The van der Waals surface area contributed by atoms with Crippen LogP contribution >= 0.6 is 7.14 Å². The van der Waals surface area contributed by atoms with Gasteiger partial charge in [0.15, 0.2) is 7.14 Å². The third-order valence-electron chi connectivity index (χ3n) is 11.2. The first kappa shape index (κ1) is 31.7. The Balaban J connectivity index is 1.23. The lowest BCUT2D eigenvalue weighted by atomic mass is 9.85. The zero-order valence-electron chi connectivity index (χ0n) is 29.8. The van der Waals surface area contributed by atoms with Crippen molar-refractivity contribution < 1.29 is 4.57 Å². The second kappa shape index (κ2) is 12.4. The zero-order valence-corrected chi connectivity index (χ0v) is 30.7. The van der Waals surface area contributed by atoms with Crippen LogP contribution in [0.25, 0.3) is 83.0 Å². The van der Waals surface area contributed by atoms with Crippen LogP contribution in [0, 0.1) is 0 Å². The molecule has 0 spiro atoms. The summed E-state index contributed by atoms with van der Waals surface area (Å²) in [5, 5.41) is 7.23. The first-order valence-electron chi connectivity index (χ1n) is 18.7. The SMILES string of the molecule is O=P1(c2ccccc2)c2ccccc2-n2c(-c3ccc4c(-c5ccccc5)c5ccccc5c(-c5cccc(-c6ccccc6)c5)c4c3)nc3cccc1c32. The molecular weight excluding hydrogens is 688 g/mol. The minimum atomic E-state index is -3.19. The van der Waals surface area contributed by atoms with Gasteiger partial charge in [0.2, 0.25) is 0 Å². The lowest BCUT2D eigenvalue weighted by Gasteiger charge is -2.29. The van der Waals surface area contributed by atoms with Crippen molar-refractivity contribution >= 4 is 55.6 Å². The van der Waals surface area contributed by atoms with Crippen LogP contribution < -0.4 is 15.9 Å². The Morgan fingerprint density at radius 1 is 0.400 bits per heavy atom. The largest absolute Gasteiger partial charge is 0.308 e. The molecule has 1 aliphatic heterocycles. The standard InChI is InChI=1S/C51H33N2OP/c54-55(39-22-8-3-9-23-39)46-28-13-12-27-45(46)53-50-44(26-15-29-47(50)55)52-51(53)38-30-31-42-43(33-38)49(37-21-14-20-36(32-37)34-16-4-1-5-17-34)41-25-11-10-24-40(41)48(42)35-18-6-2-7-19-35/h1-33H. The number of aromatic nitrogens is 2. The quantitative estimate of drug-likeness (QED) is 0.131. The predicted molar refractivity (Wildman–Crippen MR) is 231 cm³/mol. The van der Waals surface area contributed by atoms with Crippen LogP contribution in [0.2, 0.25) is 0 Å². The van der Waals surface area contributed by atoms with Crippen LogP contribution in [0.3, 0.4) is 0 Å². The molecule has 11 rings (SSSR count). The average molecular weight is 721 g/mol. The van der Waals surface area contributed by atoms with E-state index in [4.69, 9.17) is 4.98 Å². The Morgan fingerprint density at radius 2 is 0.964 bits per heavy atom. The molecule has 0 saturated heterocycles. The number of rotatable bonds is 5. The summed E-state index contributed by atoms with van der Waals surface area (Å²) < 4.78 is 17.8. The first-order valence-corrected chi connectivity index (χ1v) is 20.4. The minimum Gasteiger partial charge on any atom is -0.308 e. The van der Waals surface area contributed by atoms with Crippen molar-refractivity contribution in [2.75, 3.05) is 0 Å². The Hall–Kier alpha value is -6.80. The highest BCUT2D eigenvalue weighted by atomic mass is 31.2. The summed E-state index contributed by atoms with van der Waals surface area (Å²) in [6, 6.07) is 70.0. The van der Waals surface area contributed by atoms with Crippen molar-refractivity contribution in [2.45, 2.75) is 0 Å². The fraction of sp³-hybridized carbons (Fsp3) is 0. The van der Waals surface area contributed by atoms with Gasteiger partial charge in [-0.25, -0.2) is 4.98 Å². The second-order valence-electron chi connectivity index (χ2n) is 14.2. The molecule has 2 heterocycles. The molecule has 0 bridgehead atoms. The fourth-order valence-corrected chi connectivity index (χ4v) is 11.8. The van der Waals surface area contributed by atoms with E-state index in [1.807, 2.05) is 66.7 Å². The molecule has 0 radical (unpaired) electrons. The minimum absolute atomic E-state index is 0.824. The van der Waals surface area contributed by atoms with Crippen molar-refractivity contribution in [1.82, 2.24) is 9.55 Å². The molecule has 1 atom stereocenters. The summed E-state index contributed by atoms with van der Waals surface area (Å²) in [6.45, 7) is 0. The fourth-order valence-electron chi connectivity index (χ4n) is 8.79. The molecule has 1 aliphatic rings. The topological polar surface area (TPSA) is 34.9 Å². The highest BCUT2D eigenvalue weighted by Crippen LogP contribution is 2.51. The maximum absolute atomic E-state index is 15.6. The molecule has 258 valence electrons. The molecule has 10 aromatic rings. The summed E-state index contributed by atoms with van der Waals surface area (Å²) in [5.74, 6) is 0.828. The van der Waals surface area contributed by atoms with Gasteiger partial charge < -0.3 is 4.57 Å². The number of para-hydroxylation sites is 2. The van der Waals surface area contributed by atoms with Crippen LogP contribution in [0.15, 0.2) is 200 Å². The lowest BCUT2D eigenvalue weighted by molar-refractivity contribution is 0.592. The van der Waals surface area contributed by atoms with Gasteiger partial charge in [-0.1, -0.05) is 164 Å². The van der Waals surface area contributed by atoms with Crippen molar-refractivity contribution in [3.63, 3.8) is 0 Å². The van der Waals surface area contributed by atoms with E-state index < -0.39 is 7.14 Å². The molecular formula is C51H33N2OP. The number of benzene rings is 9. The smallest absolute Gasteiger partial charge is 0.175 e. The summed E-state index contributed by atoms with van der Waals surface area (Å²) >= 11 is 0. The summed E-state index contributed by atoms with van der Waals surface area (Å²) in [5.41, 5.74) is 10.7. The van der Waals surface area contributed by atoms with E-state index in [9.17, 15) is 0 Å². The van der Waals surface area contributed by atoms with E-state index in [1.165, 1.54) is 44.0 Å². The van der Waals surface area contributed by atoms with E-state index in [2.05, 4.69) is 138 Å². The summed E-state index contributed by atoms with van der Waals surface area (Å²) in [6.07, 6.45) is 0.